The Kier molecular flexibility index (Phi) is 5.72. The van der Waals surface area contributed by atoms with E-state index in [0.29, 0.717) is 17.6 Å². The van der Waals surface area contributed by atoms with E-state index in [4.69, 9.17) is 20.6 Å². The van der Waals surface area contributed by atoms with Gasteiger partial charge in [-0.15, -0.1) is 6.42 Å². The molecule has 1 aromatic carbocycles. The van der Waals surface area contributed by atoms with Gasteiger partial charge in [-0.1, -0.05) is 12.0 Å². The maximum absolute atomic E-state index is 5.57. The average Bonchev–Trinajstić information content (AvgIpc) is 2.99. The molecule has 0 radical (unpaired) electrons. The van der Waals surface area contributed by atoms with Gasteiger partial charge in [0, 0.05) is 19.7 Å². The van der Waals surface area contributed by atoms with Crippen LogP contribution in [0.2, 0.25) is 0 Å². The molecule has 4 heteroatoms. The molecule has 1 saturated heterocycles. The number of terminal acetylenes is 1. The largest absolute Gasteiger partial charge is 0.493 e. The molecular formula is C16H21NO3. The molecule has 1 fully saturated rings. The van der Waals surface area contributed by atoms with Crippen LogP contribution in [-0.2, 0) is 11.3 Å². The summed E-state index contributed by atoms with van der Waals surface area (Å²) in [5.41, 5.74) is 1.15. The number of ether oxygens (including phenoxy) is 3. The van der Waals surface area contributed by atoms with Crippen molar-refractivity contribution in [3.63, 3.8) is 0 Å². The van der Waals surface area contributed by atoms with Crippen molar-refractivity contribution in [3.05, 3.63) is 23.8 Å². The summed E-state index contributed by atoms with van der Waals surface area (Å²) in [6, 6.07) is 5.87. The molecule has 0 amide bonds. The van der Waals surface area contributed by atoms with Gasteiger partial charge in [0.25, 0.3) is 0 Å². The van der Waals surface area contributed by atoms with Crippen molar-refractivity contribution in [1.82, 2.24) is 5.32 Å². The van der Waals surface area contributed by atoms with Crippen LogP contribution in [0.1, 0.15) is 18.4 Å². The zero-order valence-corrected chi connectivity index (χ0v) is 11.9. The number of methoxy groups -OCH3 is 1. The van der Waals surface area contributed by atoms with Crippen LogP contribution in [0.4, 0.5) is 0 Å². The summed E-state index contributed by atoms with van der Waals surface area (Å²) in [5.74, 6) is 3.82. The highest BCUT2D eigenvalue weighted by Crippen LogP contribution is 2.27. The minimum atomic E-state index is 0.243. The van der Waals surface area contributed by atoms with E-state index < -0.39 is 0 Å². The molecule has 1 aromatic rings. The average molecular weight is 275 g/mol. The molecule has 1 aliphatic rings. The van der Waals surface area contributed by atoms with Crippen LogP contribution < -0.4 is 14.8 Å². The first-order chi connectivity index (χ1) is 9.83. The first-order valence-corrected chi connectivity index (χ1v) is 6.89. The van der Waals surface area contributed by atoms with E-state index in [9.17, 15) is 0 Å². The van der Waals surface area contributed by atoms with Crippen LogP contribution in [0.15, 0.2) is 18.2 Å². The molecule has 0 bridgehead atoms. The van der Waals surface area contributed by atoms with Gasteiger partial charge in [-0.3, -0.25) is 0 Å². The summed E-state index contributed by atoms with van der Waals surface area (Å²) in [7, 11) is 1.63. The quantitative estimate of drug-likeness (QED) is 0.772. The lowest BCUT2D eigenvalue weighted by Crippen LogP contribution is -2.25. The summed E-state index contributed by atoms with van der Waals surface area (Å²) in [6.07, 6.45) is 7.86. The maximum Gasteiger partial charge on any atom is 0.162 e. The molecule has 0 saturated carbocycles. The fourth-order valence-electron chi connectivity index (χ4n) is 2.24. The third-order valence-electron chi connectivity index (χ3n) is 3.26. The normalized spacial score (nSPS) is 17.7. The summed E-state index contributed by atoms with van der Waals surface area (Å²) in [6.45, 7) is 2.80. The standard InChI is InChI=1S/C16H21NO3/c1-3-8-20-15-7-6-13(10-16(15)18-2)11-17-12-14-5-4-9-19-14/h1,6-7,10,14,17H,4-5,8-9,11-12H2,2H3/t14-/m1/s1. The van der Waals surface area contributed by atoms with E-state index in [1.165, 1.54) is 6.42 Å². The van der Waals surface area contributed by atoms with Crippen LogP contribution in [0.5, 0.6) is 11.5 Å². The highest BCUT2D eigenvalue weighted by molar-refractivity contribution is 5.43. The molecule has 0 aliphatic carbocycles. The van der Waals surface area contributed by atoms with E-state index >= 15 is 0 Å². The molecule has 108 valence electrons. The van der Waals surface area contributed by atoms with Gasteiger partial charge in [0.1, 0.15) is 6.61 Å². The Morgan fingerprint density at radius 1 is 1.45 bits per heavy atom. The highest BCUT2D eigenvalue weighted by Gasteiger charge is 2.14. The first kappa shape index (κ1) is 14.7. The zero-order chi connectivity index (χ0) is 14.2. The molecule has 1 atom stereocenters. The Hall–Kier alpha value is -1.70. The Bertz CT molecular complexity index is 461. The van der Waals surface area contributed by atoms with Crippen molar-refractivity contribution in [1.29, 1.82) is 0 Å². The third-order valence-corrected chi connectivity index (χ3v) is 3.26. The Morgan fingerprint density at radius 2 is 2.35 bits per heavy atom. The molecule has 1 N–H and O–H groups in total. The van der Waals surface area contributed by atoms with E-state index in [1.54, 1.807) is 7.11 Å². The molecule has 0 spiro atoms. The van der Waals surface area contributed by atoms with Crippen LogP contribution in [0.3, 0.4) is 0 Å². The summed E-state index contributed by atoms with van der Waals surface area (Å²) >= 11 is 0. The van der Waals surface area contributed by atoms with Crippen molar-refractivity contribution in [2.45, 2.75) is 25.5 Å². The Labute approximate surface area is 120 Å². The molecule has 4 nitrogen and oxygen atoms in total. The minimum absolute atomic E-state index is 0.243. The van der Waals surface area contributed by atoms with Crippen LogP contribution in [-0.4, -0.2) is 33.0 Å². The zero-order valence-electron chi connectivity index (χ0n) is 11.9. The SMILES string of the molecule is C#CCOc1ccc(CNC[C@H]2CCCO2)cc1OC. The first-order valence-electron chi connectivity index (χ1n) is 6.89. The van der Waals surface area contributed by atoms with Crippen molar-refractivity contribution >= 4 is 0 Å². The second-order valence-corrected chi connectivity index (χ2v) is 4.74. The lowest BCUT2D eigenvalue weighted by atomic mass is 10.2. The van der Waals surface area contributed by atoms with Gasteiger partial charge in [-0.2, -0.15) is 0 Å². The van der Waals surface area contributed by atoms with Crippen molar-refractivity contribution in [2.24, 2.45) is 0 Å². The van der Waals surface area contributed by atoms with E-state index in [-0.39, 0.29) is 6.61 Å². The summed E-state index contributed by atoms with van der Waals surface area (Å²) in [4.78, 5) is 0. The van der Waals surface area contributed by atoms with Gasteiger partial charge in [-0.05, 0) is 30.5 Å². The predicted octanol–water partition coefficient (Wildman–Crippen LogP) is 1.98. The maximum atomic E-state index is 5.57. The van der Waals surface area contributed by atoms with Gasteiger partial charge in [0.2, 0.25) is 0 Å². The van der Waals surface area contributed by atoms with Crippen LogP contribution in [0.25, 0.3) is 0 Å². The molecule has 0 aromatic heterocycles. The summed E-state index contributed by atoms with van der Waals surface area (Å²) < 4.78 is 16.3. The lowest BCUT2D eigenvalue weighted by molar-refractivity contribution is 0.110. The number of benzene rings is 1. The molecule has 0 unspecified atom stereocenters. The molecular weight excluding hydrogens is 254 g/mol. The topological polar surface area (TPSA) is 39.7 Å². The summed E-state index contributed by atoms with van der Waals surface area (Å²) in [5, 5.41) is 3.40. The number of rotatable bonds is 7. The third kappa shape index (κ3) is 4.16. The highest BCUT2D eigenvalue weighted by atomic mass is 16.5. The minimum Gasteiger partial charge on any atom is -0.493 e. The lowest BCUT2D eigenvalue weighted by Gasteiger charge is -2.13. The monoisotopic (exact) mass is 275 g/mol. The molecule has 2 rings (SSSR count). The Morgan fingerprint density at radius 3 is 3.05 bits per heavy atom. The van der Waals surface area contributed by atoms with E-state index in [1.807, 2.05) is 18.2 Å². The predicted molar refractivity (Wildman–Crippen MR) is 78.0 cm³/mol. The second-order valence-electron chi connectivity index (χ2n) is 4.74. The van der Waals surface area contributed by atoms with E-state index in [2.05, 4.69) is 11.2 Å². The molecule has 1 heterocycles. The van der Waals surface area contributed by atoms with Gasteiger partial charge < -0.3 is 19.5 Å². The van der Waals surface area contributed by atoms with Crippen molar-refractivity contribution in [3.8, 4) is 23.8 Å². The van der Waals surface area contributed by atoms with Crippen LogP contribution >= 0.6 is 0 Å². The van der Waals surface area contributed by atoms with E-state index in [0.717, 1.165) is 31.7 Å². The molecule has 1 aliphatic heterocycles. The second kappa shape index (κ2) is 7.78. The van der Waals surface area contributed by atoms with Crippen molar-refractivity contribution < 1.29 is 14.2 Å². The van der Waals surface area contributed by atoms with Gasteiger partial charge in [-0.25, -0.2) is 0 Å². The number of hydrogen-bond donors (Lipinski definition) is 1. The number of nitrogens with one attached hydrogen (secondary N) is 1. The smallest absolute Gasteiger partial charge is 0.162 e. The fraction of sp³-hybridized carbons (Fsp3) is 0.500. The number of hydrogen-bond acceptors (Lipinski definition) is 4. The Balaban J connectivity index is 1.86. The van der Waals surface area contributed by atoms with Crippen molar-refractivity contribution in [2.75, 3.05) is 26.9 Å². The van der Waals surface area contributed by atoms with Gasteiger partial charge in [0.15, 0.2) is 11.5 Å². The van der Waals surface area contributed by atoms with Crippen LogP contribution in [0, 0.1) is 12.3 Å². The fourth-order valence-corrected chi connectivity index (χ4v) is 2.24. The molecule has 20 heavy (non-hydrogen) atoms. The van der Waals surface area contributed by atoms with Gasteiger partial charge in [0.05, 0.1) is 13.2 Å². The van der Waals surface area contributed by atoms with Gasteiger partial charge >= 0.3 is 0 Å².